The van der Waals surface area contributed by atoms with E-state index in [2.05, 4.69) is 93.2 Å². The molecule has 0 amide bonds. The smallest absolute Gasteiger partial charge is 0.181 e. The topological polar surface area (TPSA) is 86.1 Å². The molecule has 0 saturated heterocycles. The van der Waals surface area contributed by atoms with Crippen LogP contribution in [0.25, 0.3) is 21.5 Å². The summed E-state index contributed by atoms with van der Waals surface area (Å²) in [7, 11) is 0. The van der Waals surface area contributed by atoms with E-state index < -0.39 is 0 Å². The van der Waals surface area contributed by atoms with E-state index in [0.29, 0.717) is 0 Å². The predicted molar refractivity (Wildman–Crippen MR) is 199 cm³/mol. The van der Waals surface area contributed by atoms with Crippen molar-refractivity contribution >= 4 is 80.0 Å². The van der Waals surface area contributed by atoms with Crippen LogP contribution < -0.4 is 0 Å². The van der Waals surface area contributed by atoms with E-state index in [1.807, 2.05) is 45.8 Å². The maximum absolute atomic E-state index is 4.97. The molecule has 9 rings (SSSR count). The largest absolute Gasteiger partial charge is 0.213 e. The summed E-state index contributed by atoms with van der Waals surface area (Å²) >= 11 is 6.71. The van der Waals surface area contributed by atoms with Crippen molar-refractivity contribution in [3.63, 3.8) is 0 Å². The van der Waals surface area contributed by atoms with Crippen LogP contribution in [0.1, 0.15) is 22.3 Å². The van der Waals surface area contributed by atoms with Gasteiger partial charge < -0.3 is 0 Å². The molecule has 0 N–H and O–H groups in total. The van der Waals surface area contributed by atoms with Crippen molar-refractivity contribution in [2.75, 3.05) is 11.5 Å². The highest BCUT2D eigenvalue weighted by molar-refractivity contribution is 8.00. The van der Waals surface area contributed by atoms with E-state index in [-0.39, 0.29) is 0 Å². The molecule has 0 fully saturated rings. The molecule has 2 aromatic heterocycles. The van der Waals surface area contributed by atoms with Crippen LogP contribution in [0.3, 0.4) is 0 Å². The van der Waals surface area contributed by atoms with Gasteiger partial charge in [0, 0.05) is 23.0 Å². The van der Waals surface area contributed by atoms with Gasteiger partial charge in [0.05, 0.1) is 11.4 Å². The monoisotopic (exact) mass is 698 g/mol. The van der Waals surface area contributed by atoms with Crippen LogP contribution in [0.4, 0.5) is 0 Å². The first-order valence-electron chi connectivity index (χ1n) is 15.4. The second-order valence-electron chi connectivity index (χ2n) is 11.2. The summed E-state index contributed by atoms with van der Waals surface area (Å²) in [4.78, 5) is 0. The highest BCUT2D eigenvalue weighted by Gasteiger charge is 2.23. The fraction of sp³-hybridized carbons (Fsp3) is 0.111. The van der Waals surface area contributed by atoms with Crippen LogP contribution in [-0.4, -0.2) is 52.7 Å². The standard InChI is InChI=1S/C36H26N8S4/c1-3-11-23(12-4-1)31-21-47-35-39-37-33(43(35)41-31)45-19-29-25-15-7-9-17-27(25)30(28-18-10-8-16-26(28)29)20-46-34-38-40-36-44(34)42-32(22-48-36)24-13-5-2-6-14-24/h1-18H,19-22H2. The maximum Gasteiger partial charge on any atom is 0.213 e. The summed E-state index contributed by atoms with van der Waals surface area (Å²) < 4.78 is 3.81. The Morgan fingerprint density at radius 1 is 0.479 bits per heavy atom. The summed E-state index contributed by atoms with van der Waals surface area (Å²) in [5, 5.41) is 36.2. The van der Waals surface area contributed by atoms with Crippen molar-refractivity contribution in [1.29, 1.82) is 0 Å². The Bertz CT molecular complexity index is 2140. The molecule has 8 nitrogen and oxygen atoms in total. The maximum atomic E-state index is 4.97. The lowest BCUT2D eigenvalue weighted by molar-refractivity contribution is 0.693. The molecule has 0 bridgehead atoms. The van der Waals surface area contributed by atoms with Crippen molar-refractivity contribution in [2.24, 2.45) is 10.2 Å². The second-order valence-corrected chi connectivity index (χ2v) is 15.0. The first-order chi connectivity index (χ1) is 23.8. The minimum atomic E-state index is 0.735. The Kier molecular flexibility index (Phi) is 8.01. The quantitative estimate of drug-likeness (QED) is 0.115. The first kappa shape index (κ1) is 29.8. The fourth-order valence-electron chi connectivity index (χ4n) is 6.04. The minimum Gasteiger partial charge on any atom is -0.181 e. The van der Waals surface area contributed by atoms with Gasteiger partial charge in [-0.1, -0.05) is 156 Å². The van der Waals surface area contributed by atoms with Gasteiger partial charge in [-0.3, -0.25) is 0 Å². The van der Waals surface area contributed by atoms with E-state index in [9.17, 15) is 0 Å². The van der Waals surface area contributed by atoms with Gasteiger partial charge in [0.25, 0.3) is 0 Å². The van der Waals surface area contributed by atoms with Gasteiger partial charge >= 0.3 is 0 Å². The Hall–Kier alpha value is -4.36. The Morgan fingerprint density at radius 3 is 1.25 bits per heavy atom. The van der Waals surface area contributed by atoms with Crippen molar-refractivity contribution < 1.29 is 0 Å². The number of fused-ring (bicyclic) bond motifs is 4. The SMILES string of the molecule is c1ccc(C2=Nn3c(nnc3SCc3c4ccccc4c(CSc4nnc5n4N=C(c4ccccc4)CS5)c4ccccc34)SC2)cc1. The second kappa shape index (κ2) is 12.9. The lowest BCUT2D eigenvalue weighted by Gasteiger charge is -2.17. The number of hydrogen-bond donors (Lipinski definition) is 0. The Balaban J connectivity index is 1.04. The van der Waals surface area contributed by atoms with Crippen molar-refractivity contribution in [3.8, 4) is 0 Å². The molecule has 234 valence electrons. The zero-order chi connectivity index (χ0) is 31.9. The first-order valence-corrected chi connectivity index (χ1v) is 19.3. The van der Waals surface area contributed by atoms with Gasteiger partial charge in [0.1, 0.15) is 0 Å². The molecule has 2 aliphatic rings. The molecular weight excluding hydrogens is 673 g/mol. The van der Waals surface area contributed by atoms with Crippen molar-refractivity contribution in [2.45, 2.75) is 32.1 Å². The third-order valence-electron chi connectivity index (χ3n) is 8.34. The van der Waals surface area contributed by atoms with Crippen molar-refractivity contribution in [3.05, 3.63) is 131 Å². The zero-order valence-corrected chi connectivity index (χ0v) is 28.7. The summed E-state index contributed by atoms with van der Waals surface area (Å²) in [5.74, 6) is 3.02. The van der Waals surface area contributed by atoms with Crippen LogP contribution in [-0.2, 0) is 11.5 Å². The molecule has 0 atom stereocenters. The van der Waals surface area contributed by atoms with Gasteiger partial charge in [-0.2, -0.15) is 19.6 Å². The third kappa shape index (κ3) is 5.52. The normalized spacial score (nSPS) is 14.1. The molecule has 0 radical (unpaired) electrons. The van der Waals surface area contributed by atoms with Crippen LogP contribution in [0.2, 0.25) is 0 Å². The predicted octanol–water partition coefficient (Wildman–Crippen LogP) is 8.48. The van der Waals surface area contributed by atoms with E-state index in [0.717, 1.165) is 66.2 Å². The van der Waals surface area contributed by atoms with E-state index >= 15 is 0 Å². The third-order valence-corrected chi connectivity index (χ3v) is 12.1. The van der Waals surface area contributed by atoms with Gasteiger partial charge in [-0.05, 0) is 43.8 Å². The molecule has 2 aliphatic heterocycles. The molecule has 0 unspecified atom stereocenters. The van der Waals surface area contributed by atoms with Crippen LogP contribution in [0.5, 0.6) is 0 Å². The molecule has 4 heterocycles. The van der Waals surface area contributed by atoms with Gasteiger partial charge in [-0.25, -0.2) is 0 Å². The summed E-state index contributed by atoms with van der Waals surface area (Å²) in [6, 6.07) is 38.1. The average Bonchev–Trinajstić information content (AvgIpc) is 3.76. The van der Waals surface area contributed by atoms with Gasteiger partial charge in [0.2, 0.25) is 20.6 Å². The number of nitrogens with zero attached hydrogens (tertiary/aromatic N) is 8. The highest BCUT2D eigenvalue weighted by atomic mass is 32.2. The molecular formula is C36H26N8S4. The number of hydrogen-bond acceptors (Lipinski definition) is 10. The Labute approximate surface area is 293 Å². The van der Waals surface area contributed by atoms with Crippen LogP contribution in [0, 0.1) is 0 Å². The summed E-state index contributed by atoms with van der Waals surface area (Å²) in [5.41, 5.74) is 6.87. The molecule has 7 aromatic rings. The number of rotatable bonds is 8. The fourth-order valence-corrected chi connectivity index (χ4v) is 9.69. The summed E-state index contributed by atoms with van der Waals surface area (Å²) in [6.45, 7) is 0. The number of thioether (sulfide) groups is 4. The number of aromatic nitrogens is 6. The lowest BCUT2D eigenvalue weighted by atomic mass is 9.93. The number of benzene rings is 5. The van der Waals surface area contributed by atoms with Crippen LogP contribution in [0.15, 0.2) is 140 Å². The van der Waals surface area contributed by atoms with Gasteiger partial charge in [-0.15, -0.1) is 20.4 Å². The Morgan fingerprint density at radius 2 is 0.854 bits per heavy atom. The molecule has 0 spiro atoms. The molecule has 12 heteroatoms. The van der Waals surface area contributed by atoms with E-state index in [1.165, 1.54) is 32.7 Å². The molecule has 48 heavy (non-hydrogen) atoms. The zero-order valence-electron chi connectivity index (χ0n) is 25.4. The van der Waals surface area contributed by atoms with E-state index in [1.54, 1.807) is 47.0 Å². The minimum absolute atomic E-state index is 0.735. The average molecular weight is 699 g/mol. The molecule has 5 aromatic carbocycles. The van der Waals surface area contributed by atoms with Crippen molar-refractivity contribution in [1.82, 2.24) is 29.7 Å². The summed E-state index contributed by atoms with van der Waals surface area (Å²) in [6.07, 6.45) is 0. The van der Waals surface area contributed by atoms with E-state index in [4.69, 9.17) is 10.2 Å². The van der Waals surface area contributed by atoms with Gasteiger partial charge in [0.15, 0.2) is 0 Å². The lowest BCUT2D eigenvalue weighted by Crippen LogP contribution is -2.13. The highest BCUT2D eigenvalue weighted by Crippen LogP contribution is 2.40. The molecule has 0 aliphatic carbocycles. The van der Waals surface area contributed by atoms with Crippen LogP contribution >= 0.6 is 47.0 Å². The molecule has 0 saturated carbocycles.